The number of ether oxygens (including phenoxy) is 3. The number of hydrogen-bond donors (Lipinski definition) is 0. The largest absolute Gasteiger partial charge is 0.492 e. The van der Waals surface area contributed by atoms with E-state index in [4.69, 9.17) is 37.4 Å². The maximum atomic E-state index is 12.9. The zero-order valence-electron chi connectivity index (χ0n) is 17.6. The predicted octanol–water partition coefficient (Wildman–Crippen LogP) is 5.05. The quantitative estimate of drug-likeness (QED) is 0.412. The van der Waals surface area contributed by atoms with Crippen molar-refractivity contribution >= 4 is 34.9 Å². The molecule has 0 saturated carbocycles. The smallest absolute Gasteiger partial charge is 0.222 e. The fourth-order valence-corrected chi connectivity index (χ4v) is 4.33. The summed E-state index contributed by atoms with van der Waals surface area (Å²) in [6.07, 6.45) is 2.29. The summed E-state index contributed by atoms with van der Waals surface area (Å²) in [6.45, 7) is 2.56. The van der Waals surface area contributed by atoms with Crippen molar-refractivity contribution in [3.05, 3.63) is 52.0 Å². The highest BCUT2D eigenvalue weighted by atomic mass is 35.5. The molecule has 4 rings (SSSR count). The molecule has 0 N–H and O–H groups in total. The molecular formula is C24H25Cl2NO5. The van der Waals surface area contributed by atoms with Gasteiger partial charge >= 0.3 is 0 Å². The molecule has 2 heterocycles. The van der Waals surface area contributed by atoms with Crippen LogP contribution >= 0.6 is 23.2 Å². The highest BCUT2D eigenvalue weighted by molar-refractivity contribution is 6.42. The number of halogens is 2. The van der Waals surface area contributed by atoms with Crippen LogP contribution in [0.15, 0.2) is 36.4 Å². The molecule has 2 aliphatic heterocycles. The van der Waals surface area contributed by atoms with E-state index in [-0.39, 0.29) is 17.6 Å². The van der Waals surface area contributed by atoms with E-state index in [1.165, 1.54) is 0 Å². The molecule has 2 aliphatic rings. The van der Waals surface area contributed by atoms with E-state index in [0.29, 0.717) is 91.5 Å². The number of ketones is 1. The van der Waals surface area contributed by atoms with Crippen molar-refractivity contribution in [1.29, 1.82) is 0 Å². The molecule has 0 aliphatic carbocycles. The fraction of sp³-hybridized carbons (Fsp3) is 0.417. The first-order valence-corrected chi connectivity index (χ1v) is 11.6. The maximum absolute atomic E-state index is 12.9. The molecule has 1 amide bonds. The maximum Gasteiger partial charge on any atom is 0.222 e. The number of likely N-dealkylation sites (tertiary alicyclic amines) is 1. The first-order valence-electron chi connectivity index (χ1n) is 10.8. The molecule has 0 bridgehead atoms. The molecule has 2 aromatic rings. The van der Waals surface area contributed by atoms with Gasteiger partial charge < -0.3 is 19.1 Å². The van der Waals surface area contributed by atoms with Gasteiger partial charge in [0.05, 0.1) is 11.6 Å². The first-order chi connectivity index (χ1) is 15.5. The van der Waals surface area contributed by atoms with Crippen LogP contribution in [0.5, 0.6) is 17.2 Å². The van der Waals surface area contributed by atoms with Gasteiger partial charge in [0, 0.05) is 31.0 Å². The Morgan fingerprint density at radius 1 is 1.03 bits per heavy atom. The summed E-state index contributed by atoms with van der Waals surface area (Å²) in [4.78, 5) is 27.3. The van der Waals surface area contributed by atoms with Crippen LogP contribution in [0.4, 0.5) is 0 Å². The lowest BCUT2D eigenvalue weighted by atomic mass is 9.88. The van der Waals surface area contributed by atoms with Crippen LogP contribution in [0, 0.1) is 5.92 Å². The normalized spacial score (nSPS) is 16.0. The Morgan fingerprint density at radius 2 is 1.78 bits per heavy atom. The van der Waals surface area contributed by atoms with E-state index in [1.807, 2.05) is 4.90 Å². The summed E-state index contributed by atoms with van der Waals surface area (Å²) in [5, 5.41) is 0.819. The molecule has 2 aromatic carbocycles. The number of carbonyl (C=O) groups excluding carboxylic acids is 2. The predicted molar refractivity (Wildman–Crippen MR) is 122 cm³/mol. The van der Waals surface area contributed by atoms with Crippen molar-refractivity contribution in [1.82, 2.24) is 4.90 Å². The molecule has 1 saturated heterocycles. The van der Waals surface area contributed by atoms with Crippen molar-refractivity contribution in [2.45, 2.75) is 25.7 Å². The third kappa shape index (κ3) is 5.30. The molecule has 6 nitrogen and oxygen atoms in total. The van der Waals surface area contributed by atoms with E-state index >= 15 is 0 Å². The minimum atomic E-state index is -0.0880. The van der Waals surface area contributed by atoms with Crippen molar-refractivity contribution in [3.63, 3.8) is 0 Å². The van der Waals surface area contributed by atoms with Crippen LogP contribution in [0.1, 0.15) is 36.0 Å². The standard InChI is InChI=1S/C24H25Cl2NO5/c25-18-3-1-4-20(23(18)26)30-12-2-5-22(28)27-10-8-16(9-11-27)24(29)17-6-7-19-21(15-17)32-14-13-31-19/h1,3-4,6-7,15-16H,2,5,8-14H2. The van der Waals surface area contributed by atoms with Gasteiger partial charge in [-0.25, -0.2) is 0 Å². The summed E-state index contributed by atoms with van der Waals surface area (Å²) >= 11 is 12.1. The summed E-state index contributed by atoms with van der Waals surface area (Å²) in [6, 6.07) is 10.6. The monoisotopic (exact) mass is 477 g/mol. The second-order valence-corrected chi connectivity index (χ2v) is 8.67. The molecule has 0 radical (unpaired) electrons. The molecule has 1 fully saturated rings. The lowest BCUT2D eigenvalue weighted by molar-refractivity contribution is -0.132. The van der Waals surface area contributed by atoms with Crippen LogP contribution in [-0.2, 0) is 4.79 Å². The van der Waals surface area contributed by atoms with Gasteiger partial charge in [-0.3, -0.25) is 9.59 Å². The van der Waals surface area contributed by atoms with Gasteiger partial charge in [0.15, 0.2) is 17.3 Å². The lowest BCUT2D eigenvalue weighted by Gasteiger charge is -2.31. The number of amides is 1. The van der Waals surface area contributed by atoms with E-state index in [1.54, 1.807) is 36.4 Å². The van der Waals surface area contributed by atoms with E-state index in [9.17, 15) is 9.59 Å². The minimum absolute atomic E-state index is 0.0796. The number of hydrogen-bond acceptors (Lipinski definition) is 5. The minimum Gasteiger partial charge on any atom is -0.492 e. The zero-order valence-corrected chi connectivity index (χ0v) is 19.2. The highest BCUT2D eigenvalue weighted by Gasteiger charge is 2.28. The molecule has 0 spiro atoms. The summed E-state index contributed by atoms with van der Waals surface area (Å²) in [5.41, 5.74) is 0.635. The molecule has 0 atom stereocenters. The Morgan fingerprint density at radius 3 is 2.56 bits per heavy atom. The Bertz CT molecular complexity index is 988. The second kappa shape index (κ2) is 10.5. The van der Waals surface area contributed by atoms with Crippen molar-refractivity contribution in [2.24, 2.45) is 5.92 Å². The van der Waals surface area contributed by atoms with E-state index in [2.05, 4.69) is 0 Å². The van der Waals surface area contributed by atoms with E-state index in [0.717, 1.165) is 0 Å². The molecule has 0 unspecified atom stereocenters. The Hall–Kier alpha value is -2.44. The van der Waals surface area contributed by atoms with Crippen LogP contribution < -0.4 is 14.2 Å². The number of fused-ring (bicyclic) bond motifs is 1. The Kier molecular flexibility index (Phi) is 7.43. The van der Waals surface area contributed by atoms with Gasteiger partial charge in [-0.15, -0.1) is 0 Å². The SMILES string of the molecule is O=C(c1ccc2c(c1)OCCO2)C1CCN(C(=O)CCCOc2cccc(Cl)c2Cl)CC1. The number of benzene rings is 2. The summed E-state index contributed by atoms with van der Waals surface area (Å²) in [5.74, 6) is 1.91. The molecule has 8 heteroatoms. The third-order valence-electron chi connectivity index (χ3n) is 5.75. The van der Waals surface area contributed by atoms with Crippen molar-refractivity contribution in [3.8, 4) is 17.2 Å². The van der Waals surface area contributed by atoms with Crippen LogP contribution in [-0.4, -0.2) is 49.5 Å². The average molecular weight is 478 g/mol. The fourth-order valence-electron chi connectivity index (χ4n) is 3.98. The third-order valence-corrected chi connectivity index (χ3v) is 6.56. The summed E-state index contributed by atoms with van der Waals surface area (Å²) < 4.78 is 16.7. The number of Topliss-reactive ketones (excluding diaryl/α,β-unsaturated/α-hetero) is 1. The van der Waals surface area contributed by atoms with Crippen LogP contribution in [0.2, 0.25) is 10.0 Å². The van der Waals surface area contributed by atoms with Crippen LogP contribution in [0.25, 0.3) is 0 Å². The molecule has 0 aromatic heterocycles. The van der Waals surface area contributed by atoms with Gasteiger partial charge in [-0.1, -0.05) is 29.3 Å². The first kappa shape index (κ1) is 22.7. The molecular weight excluding hydrogens is 453 g/mol. The van der Waals surface area contributed by atoms with Gasteiger partial charge in [-0.2, -0.15) is 0 Å². The Balaban J connectivity index is 1.21. The number of piperidine rings is 1. The van der Waals surface area contributed by atoms with Gasteiger partial charge in [0.1, 0.15) is 24.0 Å². The van der Waals surface area contributed by atoms with Crippen molar-refractivity contribution < 1.29 is 23.8 Å². The lowest BCUT2D eigenvalue weighted by Crippen LogP contribution is -2.40. The average Bonchev–Trinajstić information content (AvgIpc) is 2.83. The topological polar surface area (TPSA) is 65.1 Å². The highest BCUT2D eigenvalue weighted by Crippen LogP contribution is 2.33. The number of rotatable bonds is 7. The number of nitrogens with zero attached hydrogens (tertiary/aromatic N) is 1. The summed E-state index contributed by atoms with van der Waals surface area (Å²) in [7, 11) is 0. The molecule has 32 heavy (non-hydrogen) atoms. The van der Waals surface area contributed by atoms with Gasteiger partial charge in [-0.05, 0) is 49.6 Å². The second-order valence-electron chi connectivity index (χ2n) is 7.88. The van der Waals surface area contributed by atoms with E-state index < -0.39 is 0 Å². The molecule has 170 valence electrons. The van der Waals surface area contributed by atoms with Gasteiger partial charge in [0.25, 0.3) is 0 Å². The number of carbonyl (C=O) groups is 2. The van der Waals surface area contributed by atoms with Crippen molar-refractivity contribution in [2.75, 3.05) is 32.9 Å². The van der Waals surface area contributed by atoms with Crippen LogP contribution in [0.3, 0.4) is 0 Å². The van der Waals surface area contributed by atoms with Gasteiger partial charge in [0.2, 0.25) is 5.91 Å². The Labute approximate surface area is 197 Å². The zero-order chi connectivity index (χ0) is 22.5.